The Labute approximate surface area is 191 Å². The van der Waals surface area contributed by atoms with Gasteiger partial charge in [-0.15, -0.1) is 0 Å². The number of methoxy groups -OCH3 is 1. The number of imidazole rings is 1. The van der Waals surface area contributed by atoms with Crippen LogP contribution in [0, 0.1) is 0 Å². The van der Waals surface area contributed by atoms with Crippen LogP contribution in [0.25, 0.3) is 21.8 Å². The predicted octanol–water partition coefficient (Wildman–Crippen LogP) is 5.42. The topological polar surface area (TPSA) is 65.4 Å². The molecule has 0 saturated heterocycles. The molecule has 0 aliphatic heterocycles. The third-order valence-electron chi connectivity index (χ3n) is 5.48. The second-order valence-electron chi connectivity index (χ2n) is 7.68. The fourth-order valence-corrected chi connectivity index (χ4v) is 3.86. The van der Waals surface area contributed by atoms with Gasteiger partial charge >= 0.3 is 0 Å². The van der Waals surface area contributed by atoms with Gasteiger partial charge in [0.25, 0.3) is 0 Å². The Balaban J connectivity index is 1.37. The van der Waals surface area contributed by atoms with E-state index in [0.29, 0.717) is 17.3 Å². The molecule has 1 heterocycles. The Hall–Kier alpha value is -4.32. The van der Waals surface area contributed by atoms with E-state index in [2.05, 4.69) is 17.4 Å². The Bertz CT molecular complexity index is 1440. The first-order valence-electron chi connectivity index (χ1n) is 10.7. The molecule has 1 N–H and O–H groups in total. The zero-order chi connectivity index (χ0) is 22.6. The monoisotopic (exact) mass is 437 g/mol. The normalized spacial score (nSPS) is 10.9. The maximum absolute atomic E-state index is 12.9. The number of amides is 1. The molecule has 0 spiro atoms. The maximum Gasteiger partial charge on any atom is 0.244 e. The molecule has 5 rings (SSSR count). The van der Waals surface area contributed by atoms with Crippen LogP contribution < -0.4 is 14.8 Å². The van der Waals surface area contributed by atoms with Crippen LogP contribution in [0.15, 0.2) is 91.0 Å². The first-order valence-corrected chi connectivity index (χ1v) is 10.7. The third kappa shape index (κ3) is 4.50. The van der Waals surface area contributed by atoms with E-state index in [1.165, 1.54) is 0 Å². The first-order chi connectivity index (χ1) is 16.2. The second kappa shape index (κ2) is 9.04. The van der Waals surface area contributed by atoms with Crippen molar-refractivity contribution in [2.45, 2.75) is 13.2 Å². The summed E-state index contributed by atoms with van der Waals surface area (Å²) in [7, 11) is 1.60. The molecule has 0 saturated carbocycles. The summed E-state index contributed by atoms with van der Waals surface area (Å²) in [4.78, 5) is 17.6. The number of rotatable bonds is 7. The smallest absolute Gasteiger partial charge is 0.244 e. The van der Waals surface area contributed by atoms with Gasteiger partial charge < -0.3 is 19.4 Å². The highest BCUT2D eigenvalue weighted by molar-refractivity contribution is 5.92. The minimum absolute atomic E-state index is 0.119. The summed E-state index contributed by atoms with van der Waals surface area (Å²) < 4.78 is 13.2. The van der Waals surface area contributed by atoms with E-state index < -0.39 is 0 Å². The number of fused-ring (bicyclic) bond motifs is 2. The van der Waals surface area contributed by atoms with Crippen molar-refractivity contribution in [1.29, 1.82) is 0 Å². The van der Waals surface area contributed by atoms with Crippen molar-refractivity contribution in [3.8, 4) is 11.5 Å². The van der Waals surface area contributed by atoms with Crippen molar-refractivity contribution in [3.63, 3.8) is 0 Å². The number of anilines is 1. The van der Waals surface area contributed by atoms with Gasteiger partial charge in [0.05, 0.1) is 18.1 Å². The quantitative estimate of drug-likeness (QED) is 0.369. The minimum Gasteiger partial charge on any atom is -0.497 e. The highest BCUT2D eigenvalue weighted by Crippen LogP contribution is 2.23. The molecule has 1 amide bonds. The molecule has 6 nitrogen and oxygen atoms in total. The lowest BCUT2D eigenvalue weighted by Gasteiger charge is -2.12. The molecule has 0 aliphatic carbocycles. The first kappa shape index (κ1) is 20.6. The van der Waals surface area contributed by atoms with Crippen LogP contribution in [0.3, 0.4) is 0 Å². The van der Waals surface area contributed by atoms with Crippen LogP contribution in [-0.4, -0.2) is 22.6 Å². The van der Waals surface area contributed by atoms with Gasteiger partial charge in [-0.25, -0.2) is 4.98 Å². The number of aromatic nitrogens is 2. The molecule has 164 valence electrons. The molecule has 0 radical (unpaired) electrons. The average Bonchev–Trinajstić information content (AvgIpc) is 3.19. The fourth-order valence-electron chi connectivity index (χ4n) is 3.86. The van der Waals surface area contributed by atoms with Gasteiger partial charge in [-0.05, 0) is 47.2 Å². The summed E-state index contributed by atoms with van der Waals surface area (Å²) in [6.07, 6.45) is 0. The Kier molecular flexibility index (Phi) is 5.64. The fraction of sp³-hybridized carbons (Fsp3) is 0.111. The molecule has 0 atom stereocenters. The van der Waals surface area contributed by atoms with E-state index in [4.69, 9.17) is 14.5 Å². The Morgan fingerprint density at radius 3 is 2.58 bits per heavy atom. The van der Waals surface area contributed by atoms with Gasteiger partial charge in [0.15, 0.2) is 0 Å². The van der Waals surface area contributed by atoms with Crippen LogP contribution in [0.4, 0.5) is 5.69 Å². The lowest BCUT2D eigenvalue weighted by atomic mass is 10.1. The van der Waals surface area contributed by atoms with Gasteiger partial charge in [0, 0.05) is 11.8 Å². The van der Waals surface area contributed by atoms with Gasteiger partial charge in [-0.1, -0.05) is 48.5 Å². The maximum atomic E-state index is 12.9. The number of para-hydroxylation sites is 2. The van der Waals surface area contributed by atoms with E-state index in [9.17, 15) is 4.79 Å². The zero-order valence-electron chi connectivity index (χ0n) is 18.2. The highest BCUT2D eigenvalue weighted by Gasteiger charge is 2.15. The van der Waals surface area contributed by atoms with Crippen molar-refractivity contribution in [1.82, 2.24) is 9.55 Å². The lowest BCUT2D eigenvalue weighted by Crippen LogP contribution is -2.20. The second-order valence-corrected chi connectivity index (χ2v) is 7.68. The molecule has 0 aliphatic rings. The van der Waals surface area contributed by atoms with Crippen molar-refractivity contribution >= 4 is 33.4 Å². The van der Waals surface area contributed by atoms with Gasteiger partial charge in [-0.2, -0.15) is 0 Å². The highest BCUT2D eigenvalue weighted by atomic mass is 16.5. The summed E-state index contributed by atoms with van der Waals surface area (Å²) in [5.41, 5.74) is 2.39. The van der Waals surface area contributed by atoms with Crippen molar-refractivity contribution < 1.29 is 14.3 Å². The average molecular weight is 437 g/mol. The van der Waals surface area contributed by atoms with Gasteiger partial charge in [0.2, 0.25) is 5.91 Å². The molecular formula is C27H23N3O3. The zero-order valence-corrected chi connectivity index (χ0v) is 18.2. The lowest BCUT2D eigenvalue weighted by molar-refractivity contribution is -0.116. The number of ether oxygens (including phenoxy) is 2. The molecule has 5 aromatic rings. The molecule has 0 bridgehead atoms. The van der Waals surface area contributed by atoms with Crippen molar-refractivity contribution in [2.24, 2.45) is 0 Å². The Morgan fingerprint density at radius 2 is 1.70 bits per heavy atom. The molecule has 6 heteroatoms. The summed E-state index contributed by atoms with van der Waals surface area (Å²) in [5.74, 6) is 1.97. The van der Waals surface area contributed by atoms with Crippen LogP contribution in [0.1, 0.15) is 5.82 Å². The molecule has 1 aromatic heterocycles. The summed E-state index contributed by atoms with van der Waals surface area (Å²) in [6.45, 7) is 0.369. The van der Waals surface area contributed by atoms with E-state index in [1.54, 1.807) is 13.2 Å². The van der Waals surface area contributed by atoms with Crippen LogP contribution >= 0.6 is 0 Å². The predicted molar refractivity (Wildman–Crippen MR) is 130 cm³/mol. The Morgan fingerprint density at radius 1 is 0.879 bits per heavy atom. The minimum atomic E-state index is -0.154. The number of nitrogens with zero attached hydrogens (tertiary/aromatic N) is 2. The van der Waals surface area contributed by atoms with E-state index in [-0.39, 0.29) is 19.1 Å². The number of hydrogen-bond donors (Lipinski definition) is 1. The summed E-state index contributed by atoms with van der Waals surface area (Å²) in [5, 5.41) is 5.20. The number of carbonyl (C=O) groups is 1. The largest absolute Gasteiger partial charge is 0.497 e. The van der Waals surface area contributed by atoms with Crippen LogP contribution in [0.2, 0.25) is 0 Å². The van der Waals surface area contributed by atoms with Crippen molar-refractivity contribution in [3.05, 3.63) is 96.8 Å². The van der Waals surface area contributed by atoms with E-state index in [0.717, 1.165) is 27.6 Å². The number of benzene rings is 4. The molecule has 0 unspecified atom stereocenters. The molecule has 4 aromatic carbocycles. The van der Waals surface area contributed by atoms with Crippen LogP contribution in [-0.2, 0) is 17.9 Å². The van der Waals surface area contributed by atoms with E-state index in [1.807, 2.05) is 77.4 Å². The van der Waals surface area contributed by atoms with Crippen LogP contribution in [0.5, 0.6) is 11.5 Å². The number of carbonyl (C=O) groups excluding carboxylic acids is 1. The molecule has 33 heavy (non-hydrogen) atoms. The SMILES string of the molecule is COc1cccc(NC(=O)Cn2c(COc3ccc4ccccc4c3)nc3ccccc32)c1. The third-order valence-corrected chi connectivity index (χ3v) is 5.48. The standard InChI is InChI=1S/C27H23N3O3/c1-32-22-10-6-9-21(16-22)28-27(31)17-30-25-12-5-4-11-24(25)29-26(30)18-33-23-14-13-19-7-2-3-8-20(19)15-23/h2-16H,17-18H2,1H3,(H,28,31). The van der Waals surface area contributed by atoms with Gasteiger partial charge in [0.1, 0.15) is 30.5 Å². The summed E-state index contributed by atoms with van der Waals surface area (Å²) >= 11 is 0. The molecule has 0 fully saturated rings. The van der Waals surface area contributed by atoms with Crippen molar-refractivity contribution in [2.75, 3.05) is 12.4 Å². The van der Waals surface area contributed by atoms with Gasteiger partial charge in [-0.3, -0.25) is 4.79 Å². The van der Waals surface area contributed by atoms with E-state index >= 15 is 0 Å². The number of hydrogen-bond acceptors (Lipinski definition) is 4. The summed E-state index contributed by atoms with van der Waals surface area (Å²) in [6, 6.07) is 29.2. The number of nitrogens with one attached hydrogen (secondary N) is 1. The molecular weight excluding hydrogens is 414 g/mol.